The molecule has 0 aromatic heterocycles. The molecule has 78 valence electrons. The van der Waals surface area contributed by atoms with E-state index in [1.165, 1.54) is 0 Å². The van der Waals surface area contributed by atoms with Gasteiger partial charge in [-0.2, -0.15) is 13.2 Å². The zero-order chi connectivity index (χ0) is 9.90. The number of hydrogen-bond donors (Lipinski definition) is 1. The lowest BCUT2D eigenvalue weighted by Crippen LogP contribution is -2.32. The Morgan fingerprint density at radius 3 is 2.54 bits per heavy atom. The van der Waals surface area contributed by atoms with E-state index in [-0.39, 0.29) is 6.04 Å². The maximum Gasteiger partial charge on any atom is 0.389 e. The second-order valence-corrected chi connectivity index (χ2v) is 3.37. The van der Waals surface area contributed by atoms with Crippen molar-refractivity contribution in [3.05, 3.63) is 0 Å². The van der Waals surface area contributed by atoms with Crippen molar-refractivity contribution in [3.8, 4) is 0 Å². The average molecular weight is 199 g/mol. The number of nitrogens with one attached hydrogen (secondary N) is 1. The molecule has 5 heteroatoms. The minimum absolute atomic E-state index is 0.359. The number of rotatable bonds is 3. The molecular formula is C8H13F4N. The Hall–Kier alpha value is -0.320. The van der Waals surface area contributed by atoms with Crippen LogP contribution in [0.5, 0.6) is 0 Å². The summed E-state index contributed by atoms with van der Waals surface area (Å²) in [6, 6.07) is -0.359. The smallest absolute Gasteiger partial charge is 0.311 e. The topological polar surface area (TPSA) is 12.0 Å². The first-order chi connectivity index (χ1) is 5.99. The van der Waals surface area contributed by atoms with Crippen molar-refractivity contribution in [1.82, 2.24) is 5.32 Å². The van der Waals surface area contributed by atoms with Crippen LogP contribution in [-0.2, 0) is 0 Å². The summed E-state index contributed by atoms with van der Waals surface area (Å²) in [7, 11) is 0. The molecule has 0 aromatic carbocycles. The molecule has 2 unspecified atom stereocenters. The fraction of sp³-hybridized carbons (Fsp3) is 1.00. The van der Waals surface area contributed by atoms with Crippen LogP contribution in [0, 0.1) is 0 Å². The van der Waals surface area contributed by atoms with Crippen molar-refractivity contribution in [3.63, 3.8) is 0 Å². The van der Waals surface area contributed by atoms with E-state index in [9.17, 15) is 17.6 Å². The first-order valence-electron chi connectivity index (χ1n) is 4.43. The zero-order valence-electron chi connectivity index (χ0n) is 7.20. The molecule has 0 spiro atoms. The van der Waals surface area contributed by atoms with E-state index in [0.717, 1.165) is 13.0 Å². The van der Waals surface area contributed by atoms with E-state index in [0.29, 0.717) is 6.42 Å². The highest BCUT2D eigenvalue weighted by atomic mass is 19.4. The third-order valence-electron chi connectivity index (χ3n) is 2.24. The lowest BCUT2D eigenvalue weighted by atomic mass is 10.1. The molecule has 0 bridgehead atoms. The van der Waals surface area contributed by atoms with Crippen LogP contribution in [0.4, 0.5) is 17.6 Å². The van der Waals surface area contributed by atoms with Gasteiger partial charge in [-0.25, -0.2) is 4.39 Å². The van der Waals surface area contributed by atoms with Crippen molar-refractivity contribution in [1.29, 1.82) is 0 Å². The van der Waals surface area contributed by atoms with E-state index in [1.54, 1.807) is 0 Å². The molecule has 1 N–H and O–H groups in total. The van der Waals surface area contributed by atoms with Crippen molar-refractivity contribution >= 4 is 0 Å². The van der Waals surface area contributed by atoms with E-state index in [1.807, 2.05) is 0 Å². The number of halogens is 4. The van der Waals surface area contributed by atoms with Gasteiger partial charge in [-0.1, -0.05) is 0 Å². The molecule has 1 aliphatic heterocycles. The average Bonchev–Trinajstić information content (AvgIpc) is 2.50. The van der Waals surface area contributed by atoms with Crippen LogP contribution in [-0.4, -0.2) is 24.9 Å². The summed E-state index contributed by atoms with van der Waals surface area (Å²) in [5, 5.41) is 2.85. The Kier molecular flexibility index (Phi) is 3.53. The summed E-state index contributed by atoms with van der Waals surface area (Å²) >= 11 is 0. The summed E-state index contributed by atoms with van der Waals surface area (Å²) in [4.78, 5) is 0. The fourth-order valence-corrected chi connectivity index (χ4v) is 1.52. The molecule has 0 saturated carbocycles. The maximum atomic E-state index is 13.1. The summed E-state index contributed by atoms with van der Waals surface area (Å²) in [5.41, 5.74) is 0. The molecule has 0 amide bonds. The lowest BCUT2D eigenvalue weighted by Gasteiger charge is -2.16. The minimum atomic E-state index is -4.23. The SMILES string of the molecule is FC(CCC(F)(F)F)C1CCCN1. The van der Waals surface area contributed by atoms with Crippen LogP contribution >= 0.6 is 0 Å². The molecule has 1 heterocycles. The zero-order valence-corrected chi connectivity index (χ0v) is 7.20. The second-order valence-electron chi connectivity index (χ2n) is 3.37. The Morgan fingerprint density at radius 1 is 1.38 bits per heavy atom. The summed E-state index contributed by atoms with van der Waals surface area (Å²) < 4.78 is 48.2. The lowest BCUT2D eigenvalue weighted by molar-refractivity contribution is -0.138. The molecule has 1 fully saturated rings. The molecule has 1 rings (SSSR count). The molecule has 2 atom stereocenters. The minimum Gasteiger partial charge on any atom is -0.311 e. The first-order valence-corrected chi connectivity index (χ1v) is 4.43. The van der Waals surface area contributed by atoms with Crippen molar-refractivity contribution in [2.45, 2.75) is 44.1 Å². The summed E-state index contributed by atoms with van der Waals surface area (Å²) in [6.45, 7) is 0.719. The summed E-state index contributed by atoms with van der Waals surface area (Å²) in [5.74, 6) is 0. The Balaban J connectivity index is 2.20. The summed E-state index contributed by atoms with van der Waals surface area (Å²) in [6.07, 6.45) is -5.52. The van der Waals surface area contributed by atoms with Crippen LogP contribution < -0.4 is 5.32 Å². The van der Waals surface area contributed by atoms with Gasteiger partial charge in [0.2, 0.25) is 0 Å². The van der Waals surface area contributed by atoms with Gasteiger partial charge in [0.25, 0.3) is 0 Å². The molecular weight excluding hydrogens is 186 g/mol. The Labute approximate surface area is 74.5 Å². The standard InChI is InChI=1S/C8H13F4N/c9-6(3-4-8(10,11)12)7-2-1-5-13-7/h6-7,13H,1-5H2. The van der Waals surface area contributed by atoms with Crippen LogP contribution in [0.25, 0.3) is 0 Å². The van der Waals surface area contributed by atoms with Crippen molar-refractivity contribution < 1.29 is 17.6 Å². The predicted octanol–water partition coefficient (Wildman–Crippen LogP) is 2.42. The van der Waals surface area contributed by atoms with Gasteiger partial charge in [-0.05, 0) is 25.8 Å². The van der Waals surface area contributed by atoms with Gasteiger partial charge in [0.15, 0.2) is 0 Å². The molecule has 0 radical (unpaired) electrons. The van der Waals surface area contributed by atoms with Gasteiger partial charge in [0.1, 0.15) is 6.17 Å². The van der Waals surface area contributed by atoms with E-state index in [4.69, 9.17) is 0 Å². The molecule has 0 aromatic rings. The van der Waals surface area contributed by atoms with Crippen LogP contribution in [0.3, 0.4) is 0 Å². The molecule has 1 aliphatic rings. The van der Waals surface area contributed by atoms with Gasteiger partial charge < -0.3 is 5.32 Å². The number of hydrogen-bond acceptors (Lipinski definition) is 1. The third kappa shape index (κ3) is 3.93. The highest BCUT2D eigenvalue weighted by Crippen LogP contribution is 2.25. The van der Waals surface area contributed by atoms with Gasteiger partial charge >= 0.3 is 6.18 Å². The molecule has 13 heavy (non-hydrogen) atoms. The van der Waals surface area contributed by atoms with Crippen molar-refractivity contribution in [2.24, 2.45) is 0 Å². The molecule has 1 nitrogen and oxygen atoms in total. The van der Waals surface area contributed by atoms with Gasteiger partial charge in [-0.3, -0.25) is 0 Å². The first kappa shape index (κ1) is 10.8. The highest BCUT2D eigenvalue weighted by Gasteiger charge is 2.31. The number of alkyl halides is 4. The van der Waals surface area contributed by atoms with Gasteiger partial charge in [0, 0.05) is 12.5 Å². The largest absolute Gasteiger partial charge is 0.389 e. The monoisotopic (exact) mass is 199 g/mol. The van der Waals surface area contributed by atoms with Gasteiger partial charge in [0.05, 0.1) is 0 Å². The second kappa shape index (κ2) is 4.26. The predicted molar refractivity (Wildman–Crippen MR) is 41.2 cm³/mol. The quantitative estimate of drug-likeness (QED) is 0.688. The van der Waals surface area contributed by atoms with E-state index < -0.39 is 25.2 Å². The van der Waals surface area contributed by atoms with E-state index in [2.05, 4.69) is 5.32 Å². The highest BCUT2D eigenvalue weighted by molar-refractivity contribution is 4.81. The van der Waals surface area contributed by atoms with Crippen LogP contribution in [0.15, 0.2) is 0 Å². The Morgan fingerprint density at radius 2 is 2.08 bits per heavy atom. The van der Waals surface area contributed by atoms with Crippen LogP contribution in [0.1, 0.15) is 25.7 Å². The third-order valence-corrected chi connectivity index (χ3v) is 2.24. The molecule has 1 saturated heterocycles. The van der Waals surface area contributed by atoms with Crippen LogP contribution in [0.2, 0.25) is 0 Å². The fourth-order valence-electron chi connectivity index (χ4n) is 1.52. The molecule has 0 aliphatic carbocycles. The van der Waals surface area contributed by atoms with E-state index >= 15 is 0 Å². The Bertz CT molecular complexity index is 151. The normalized spacial score (nSPS) is 26.3. The maximum absolute atomic E-state index is 13.1. The van der Waals surface area contributed by atoms with Crippen molar-refractivity contribution in [2.75, 3.05) is 6.54 Å². The van der Waals surface area contributed by atoms with Gasteiger partial charge in [-0.15, -0.1) is 0 Å².